The van der Waals surface area contributed by atoms with E-state index in [0.29, 0.717) is 0 Å². The van der Waals surface area contributed by atoms with E-state index in [2.05, 4.69) is 230 Å². The second-order valence-corrected chi connectivity index (χ2v) is 16.2. The number of hydrogen-bond acceptors (Lipinski definition) is 1. The molecule has 1 aliphatic carbocycles. The van der Waals surface area contributed by atoms with E-state index in [0.717, 1.165) is 39.3 Å². The van der Waals surface area contributed by atoms with E-state index in [1.807, 2.05) is 19.1 Å². The zero-order chi connectivity index (χ0) is 40.8. The molecule has 0 spiro atoms. The highest BCUT2D eigenvalue weighted by atomic mass is 15.1. The maximum Gasteiger partial charge on any atom is 0.0541 e. The number of hydrogen-bond donors (Lipinski definition) is 0. The molecule has 1 aliphatic rings. The Morgan fingerprint density at radius 1 is 0.500 bits per heavy atom. The van der Waals surface area contributed by atoms with Crippen molar-refractivity contribution >= 4 is 44.4 Å². The smallest absolute Gasteiger partial charge is 0.0541 e. The van der Waals surface area contributed by atoms with Crippen molar-refractivity contribution < 1.29 is 0 Å². The number of nitrogens with zero attached hydrogens (tertiary/aromatic N) is 2. The normalized spacial score (nSPS) is 13.0. The summed E-state index contributed by atoms with van der Waals surface area (Å²) in [6.45, 7) is 11.2. The summed E-state index contributed by atoms with van der Waals surface area (Å²) in [5.41, 5.74) is 18.9. The fourth-order valence-electron chi connectivity index (χ4n) is 9.29. The van der Waals surface area contributed by atoms with E-state index < -0.39 is 0 Å². The molecule has 0 N–H and O–H groups in total. The number of para-hydroxylation sites is 2. The minimum absolute atomic E-state index is 0.124. The van der Waals surface area contributed by atoms with Gasteiger partial charge >= 0.3 is 0 Å². The molecule has 0 saturated heterocycles. The minimum atomic E-state index is -0.124. The van der Waals surface area contributed by atoms with E-state index in [-0.39, 0.29) is 5.41 Å². The van der Waals surface area contributed by atoms with Gasteiger partial charge in [-0.15, -0.1) is 0 Å². The molecule has 10 rings (SSSR count). The Morgan fingerprint density at radius 3 is 2.00 bits per heavy atom. The van der Waals surface area contributed by atoms with Crippen molar-refractivity contribution in [2.75, 3.05) is 4.90 Å². The predicted molar refractivity (Wildman–Crippen MR) is 257 cm³/mol. The molecule has 2 nitrogen and oxygen atoms in total. The standard InChI is InChI=1S/C58H46N2/c1-5-6-8-18-40(2)48-23-11-12-24-49(48)43-19-17-22-46(37-43)59(47-34-35-51-50-25-13-15-27-54(50)58(3,4)55(51)39-47)45-32-29-41(30-33-45)42-31-36-57-53(38-42)52-26-14-16-28-56(52)60(57)44-20-9-7-10-21-44/h5-39H,2H2,1,3-4H3/b6-5-,18-8-. The molecule has 0 atom stereocenters. The van der Waals surface area contributed by atoms with Crippen LogP contribution in [0.3, 0.4) is 0 Å². The maximum atomic E-state index is 4.45. The monoisotopic (exact) mass is 770 g/mol. The summed E-state index contributed by atoms with van der Waals surface area (Å²) in [7, 11) is 0. The zero-order valence-corrected chi connectivity index (χ0v) is 34.3. The van der Waals surface area contributed by atoms with Gasteiger partial charge in [-0.25, -0.2) is 0 Å². The van der Waals surface area contributed by atoms with Crippen LogP contribution >= 0.6 is 0 Å². The van der Waals surface area contributed by atoms with Crippen molar-refractivity contribution in [1.82, 2.24) is 4.57 Å². The first kappa shape index (κ1) is 36.9. The average Bonchev–Trinajstić information content (AvgIpc) is 3.75. The first-order chi connectivity index (χ1) is 29.4. The number of aromatic nitrogens is 1. The molecule has 0 aliphatic heterocycles. The molecule has 0 amide bonds. The summed E-state index contributed by atoms with van der Waals surface area (Å²) >= 11 is 0. The van der Waals surface area contributed by atoms with E-state index in [4.69, 9.17) is 0 Å². The van der Waals surface area contributed by atoms with Crippen LogP contribution in [-0.4, -0.2) is 4.57 Å². The average molecular weight is 771 g/mol. The second kappa shape index (κ2) is 15.1. The van der Waals surface area contributed by atoms with Crippen LogP contribution in [0.4, 0.5) is 17.1 Å². The highest BCUT2D eigenvalue weighted by Gasteiger charge is 2.35. The number of fused-ring (bicyclic) bond motifs is 6. The second-order valence-electron chi connectivity index (χ2n) is 16.2. The van der Waals surface area contributed by atoms with Gasteiger partial charge in [0.15, 0.2) is 0 Å². The fourth-order valence-corrected chi connectivity index (χ4v) is 9.29. The van der Waals surface area contributed by atoms with Crippen molar-refractivity contribution in [3.05, 3.63) is 236 Å². The molecule has 8 aromatic carbocycles. The lowest BCUT2D eigenvalue weighted by Gasteiger charge is -2.28. The molecule has 0 bridgehead atoms. The van der Waals surface area contributed by atoms with Gasteiger partial charge in [-0.3, -0.25) is 0 Å². The molecule has 0 saturated carbocycles. The van der Waals surface area contributed by atoms with Crippen LogP contribution < -0.4 is 4.90 Å². The molecule has 2 heteroatoms. The molecule has 9 aromatic rings. The largest absolute Gasteiger partial charge is 0.310 e. The Labute approximate surface area is 353 Å². The Bertz CT molecular complexity index is 3140. The highest BCUT2D eigenvalue weighted by Crippen LogP contribution is 2.51. The van der Waals surface area contributed by atoms with Crippen molar-refractivity contribution in [2.45, 2.75) is 26.2 Å². The Morgan fingerprint density at radius 2 is 1.17 bits per heavy atom. The van der Waals surface area contributed by atoms with Gasteiger partial charge in [-0.2, -0.15) is 0 Å². The highest BCUT2D eigenvalue weighted by molar-refractivity contribution is 6.10. The van der Waals surface area contributed by atoms with E-state index in [9.17, 15) is 0 Å². The Hall–Kier alpha value is -7.42. The third kappa shape index (κ3) is 6.29. The van der Waals surface area contributed by atoms with Crippen LogP contribution in [0.1, 0.15) is 37.5 Å². The molecule has 0 radical (unpaired) electrons. The van der Waals surface area contributed by atoms with E-state index in [1.54, 1.807) is 0 Å². The van der Waals surface area contributed by atoms with Crippen molar-refractivity contribution in [3.63, 3.8) is 0 Å². The lowest BCUT2D eigenvalue weighted by molar-refractivity contribution is 0.660. The van der Waals surface area contributed by atoms with Gasteiger partial charge in [0.2, 0.25) is 0 Å². The maximum absolute atomic E-state index is 4.45. The van der Waals surface area contributed by atoms with Crippen LogP contribution in [0.5, 0.6) is 0 Å². The number of benzene rings is 8. The van der Waals surface area contributed by atoms with E-state index >= 15 is 0 Å². The number of rotatable bonds is 9. The van der Waals surface area contributed by atoms with Crippen LogP contribution in [0.2, 0.25) is 0 Å². The van der Waals surface area contributed by atoms with Gasteiger partial charge in [0.25, 0.3) is 0 Å². The fraction of sp³-hybridized carbons (Fsp3) is 0.0690. The quantitative estimate of drug-likeness (QED) is 0.133. The predicted octanol–water partition coefficient (Wildman–Crippen LogP) is 16.0. The summed E-state index contributed by atoms with van der Waals surface area (Å²) in [5.74, 6) is 0. The summed E-state index contributed by atoms with van der Waals surface area (Å²) in [5, 5.41) is 2.50. The molecule has 288 valence electrons. The van der Waals surface area contributed by atoms with Gasteiger partial charge in [0.05, 0.1) is 11.0 Å². The summed E-state index contributed by atoms with van der Waals surface area (Å²) in [4.78, 5) is 2.41. The summed E-state index contributed by atoms with van der Waals surface area (Å²) < 4.78 is 2.37. The molecule has 0 fully saturated rings. The lowest BCUT2D eigenvalue weighted by atomic mass is 9.82. The van der Waals surface area contributed by atoms with Gasteiger partial charge in [0.1, 0.15) is 0 Å². The van der Waals surface area contributed by atoms with Gasteiger partial charge in [-0.05, 0) is 129 Å². The van der Waals surface area contributed by atoms with Gasteiger partial charge in [-0.1, -0.05) is 166 Å². The molecule has 1 aromatic heterocycles. The van der Waals surface area contributed by atoms with Gasteiger partial charge in [0, 0.05) is 38.9 Å². The third-order valence-electron chi connectivity index (χ3n) is 12.3. The SMILES string of the molecule is C=C(/C=C\C=C/C)c1ccccc1-c1cccc(N(c2ccc(-c3ccc4c(c3)c3ccccc3n4-c3ccccc3)cc2)c2ccc3c(c2)C(C)(C)c2ccccc2-3)c1. The first-order valence-electron chi connectivity index (χ1n) is 20.8. The lowest BCUT2D eigenvalue weighted by Crippen LogP contribution is -2.16. The van der Waals surface area contributed by atoms with Crippen molar-refractivity contribution in [1.29, 1.82) is 0 Å². The number of allylic oxidation sites excluding steroid dienone is 5. The third-order valence-corrected chi connectivity index (χ3v) is 12.3. The zero-order valence-electron chi connectivity index (χ0n) is 34.3. The molecule has 1 heterocycles. The topological polar surface area (TPSA) is 8.17 Å². The Balaban J connectivity index is 1.09. The first-order valence-corrected chi connectivity index (χ1v) is 20.8. The van der Waals surface area contributed by atoms with Crippen LogP contribution in [0.25, 0.3) is 66.4 Å². The summed E-state index contributed by atoms with van der Waals surface area (Å²) in [6, 6.07) is 68.7. The van der Waals surface area contributed by atoms with Gasteiger partial charge < -0.3 is 9.47 Å². The van der Waals surface area contributed by atoms with Crippen molar-refractivity contribution in [2.24, 2.45) is 0 Å². The van der Waals surface area contributed by atoms with Crippen LogP contribution in [0, 0.1) is 0 Å². The van der Waals surface area contributed by atoms with Crippen LogP contribution in [0.15, 0.2) is 219 Å². The molecular weight excluding hydrogens is 725 g/mol. The molecular formula is C58H46N2. The number of anilines is 3. The minimum Gasteiger partial charge on any atom is -0.310 e. The van der Waals surface area contributed by atoms with E-state index in [1.165, 1.54) is 60.9 Å². The molecule has 0 unspecified atom stereocenters. The molecule has 60 heavy (non-hydrogen) atoms. The van der Waals surface area contributed by atoms with Crippen LogP contribution in [-0.2, 0) is 5.41 Å². The van der Waals surface area contributed by atoms with Crippen molar-refractivity contribution in [3.8, 4) is 39.1 Å². The summed E-state index contributed by atoms with van der Waals surface area (Å²) in [6.07, 6.45) is 8.20. The Kier molecular flexibility index (Phi) is 9.26.